The Hall–Kier alpha value is -1.38. The molecule has 3 heteroatoms. The number of carbonyl (C=O) groups excluding carboxylic acids is 1. The van der Waals surface area contributed by atoms with Gasteiger partial charge in [0.15, 0.2) is 0 Å². The van der Waals surface area contributed by atoms with E-state index in [-0.39, 0.29) is 0 Å². The van der Waals surface area contributed by atoms with Crippen LogP contribution in [0.2, 0.25) is 0 Å². The molecular formula is C10H15NO2. The Balaban J connectivity index is 0.000000252. The summed E-state index contributed by atoms with van der Waals surface area (Å²) in [6, 6.07) is 4.00. The normalized spacial score (nSPS) is 8.23. The number of hydrogen-bond acceptors (Lipinski definition) is 3. The van der Waals surface area contributed by atoms with E-state index in [2.05, 4.69) is 22.7 Å². The largest absolute Gasteiger partial charge is 0.468 e. The molecule has 0 aliphatic heterocycles. The minimum absolute atomic E-state index is 0.431. The van der Waals surface area contributed by atoms with Gasteiger partial charge in [-0.25, -0.2) is 0 Å². The topological polar surface area (TPSA) is 39.2 Å². The first-order chi connectivity index (χ1) is 6.22. The Morgan fingerprint density at radius 1 is 1.54 bits per heavy atom. The lowest BCUT2D eigenvalue weighted by molar-refractivity contribution is -0.128. The average molecular weight is 181 g/mol. The first kappa shape index (κ1) is 11.6. The fourth-order valence-corrected chi connectivity index (χ4v) is 0.633. The van der Waals surface area contributed by atoms with E-state index in [0.717, 1.165) is 5.69 Å². The van der Waals surface area contributed by atoms with Crippen molar-refractivity contribution in [2.45, 2.75) is 20.8 Å². The molecule has 0 aliphatic carbocycles. The fraction of sp³-hybridized carbons (Fsp3) is 0.400. The predicted octanol–water partition coefficient (Wildman–Crippen LogP) is 1.88. The van der Waals surface area contributed by atoms with Crippen LogP contribution in [0.3, 0.4) is 0 Å². The monoisotopic (exact) mass is 181 g/mol. The van der Waals surface area contributed by atoms with Crippen LogP contribution >= 0.6 is 0 Å². The standard InChI is InChI=1S/C7H9N.C3H6O2/c1-6-4-3-5-8-7(6)2;1-2-5-3-4/h3-5H,1-2H3;3H,2H2,1H3. The van der Waals surface area contributed by atoms with E-state index in [1.54, 1.807) is 6.92 Å². The van der Waals surface area contributed by atoms with Crippen molar-refractivity contribution in [3.63, 3.8) is 0 Å². The van der Waals surface area contributed by atoms with Crippen molar-refractivity contribution in [2.75, 3.05) is 6.61 Å². The lowest BCUT2D eigenvalue weighted by Gasteiger charge is -1.92. The molecule has 0 atom stereocenters. The van der Waals surface area contributed by atoms with Crippen LogP contribution in [0.1, 0.15) is 18.2 Å². The van der Waals surface area contributed by atoms with Crippen LogP contribution in [0.4, 0.5) is 0 Å². The molecular weight excluding hydrogens is 166 g/mol. The highest BCUT2D eigenvalue weighted by Crippen LogP contribution is 1.98. The highest BCUT2D eigenvalue weighted by atomic mass is 16.5. The molecule has 0 bridgehead atoms. The first-order valence-electron chi connectivity index (χ1n) is 4.15. The summed E-state index contributed by atoms with van der Waals surface area (Å²) < 4.78 is 4.15. The number of pyridine rings is 1. The summed E-state index contributed by atoms with van der Waals surface area (Å²) in [5.74, 6) is 0. The third kappa shape index (κ3) is 5.84. The van der Waals surface area contributed by atoms with Gasteiger partial charge in [0.05, 0.1) is 6.61 Å². The molecule has 1 aromatic heterocycles. The van der Waals surface area contributed by atoms with E-state index in [1.165, 1.54) is 5.56 Å². The Kier molecular flexibility index (Phi) is 6.51. The molecule has 0 aliphatic rings. The SMILES string of the molecule is CCOC=O.Cc1cccnc1C. The van der Waals surface area contributed by atoms with Gasteiger partial charge in [0.2, 0.25) is 0 Å². The van der Waals surface area contributed by atoms with E-state index in [9.17, 15) is 4.79 Å². The average Bonchev–Trinajstić information content (AvgIpc) is 2.13. The predicted molar refractivity (Wildman–Crippen MR) is 51.4 cm³/mol. The molecule has 0 unspecified atom stereocenters. The molecule has 0 saturated carbocycles. The van der Waals surface area contributed by atoms with Gasteiger partial charge in [0.25, 0.3) is 6.47 Å². The van der Waals surface area contributed by atoms with Gasteiger partial charge in [-0.1, -0.05) is 6.07 Å². The summed E-state index contributed by atoms with van der Waals surface area (Å²) in [4.78, 5) is 13.3. The summed E-state index contributed by atoms with van der Waals surface area (Å²) in [5, 5.41) is 0. The van der Waals surface area contributed by atoms with Gasteiger partial charge >= 0.3 is 0 Å². The van der Waals surface area contributed by atoms with Gasteiger partial charge < -0.3 is 4.74 Å². The minimum Gasteiger partial charge on any atom is -0.468 e. The highest BCUT2D eigenvalue weighted by molar-refractivity contribution is 5.36. The van der Waals surface area contributed by atoms with E-state index in [0.29, 0.717) is 13.1 Å². The quantitative estimate of drug-likeness (QED) is 0.654. The van der Waals surface area contributed by atoms with Crippen LogP contribution in [0.25, 0.3) is 0 Å². The summed E-state index contributed by atoms with van der Waals surface area (Å²) in [5.41, 5.74) is 2.38. The summed E-state index contributed by atoms with van der Waals surface area (Å²) in [7, 11) is 0. The summed E-state index contributed by atoms with van der Waals surface area (Å²) >= 11 is 0. The van der Waals surface area contributed by atoms with Gasteiger partial charge in [-0.2, -0.15) is 0 Å². The second-order valence-corrected chi connectivity index (χ2v) is 2.46. The van der Waals surface area contributed by atoms with Gasteiger partial charge in [-0.05, 0) is 32.4 Å². The van der Waals surface area contributed by atoms with E-state index in [1.807, 2.05) is 19.2 Å². The molecule has 3 nitrogen and oxygen atoms in total. The summed E-state index contributed by atoms with van der Waals surface area (Å²) in [6.45, 7) is 6.73. The Bertz CT molecular complexity index is 227. The Morgan fingerprint density at radius 2 is 2.23 bits per heavy atom. The highest BCUT2D eigenvalue weighted by Gasteiger charge is 1.85. The van der Waals surface area contributed by atoms with Crippen LogP contribution in [-0.4, -0.2) is 18.1 Å². The third-order valence-corrected chi connectivity index (χ3v) is 1.51. The second-order valence-electron chi connectivity index (χ2n) is 2.46. The number of hydrogen-bond donors (Lipinski definition) is 0. The number of ether oxygens (including phenoxy) is 1. The van der Waals surface area contributed by atoms with Crippen LogP contribution in [0.5, 0.6) is 0 Å². The molecule has 0 spiro atoms. The van der Waals surface area contributed by atoms with Gasteiger partial charge in [0, 0.05) is 11.9 Å². The Labute approximate surface area is 78.8 Å². The number of aromatic nitrogens is 1. The molecule has 0 fully saturated rings. The molecule has 0 N–H and O–H groups in total. The molecule has 1 heterocycles. The third-order valence-electron chi connectivity index (χ3n) is 1.51. The van der Waals surface area contributed by atoms with Crippen LogP contribution in [0, 0.1) is 13.8 Å². The van der Waals surface area contributed by atoms with Crippen molar-refractivity contribution in [1.82, 2.24) is 4.98 Å². The first-order valence-corrected chi connectivity index (χ1v) is 4.15. The van der Waals surface area contributed by atoms with E-state index in [4.69, 9.17) is 0 Å². The lowest BCUT2D eigenvalue weighted by Crippen LogP contribution is -1.81. The van der Waals surface area contributed by atoms with Crippen molar-refractivity contribution in [2.24, 2.45) is 0 Å². The van der Waals surface area contributed by atoms with Crippen molar-refractivity contribution in [1.29, 1.82) is 0 Å². The zero-order valence-corrected chi connectivity index (χ0v) is 8.28. The fourth-order valence-electron chi connectivity index (χ4n) is 0.633. The second kappa shape index (κ2) is 7.28. The lowest BCUT2D eigenvalue weighted by atomic mass is 10.2. The van der Waals surface area contributed by atoms with Crippen LogP contribution < -0.4 is 0 Å². The molecule has 0 radical (unpaired) electrons. The van der Waals surface area contributed by atoms with Crippen molar-refractivity contribution in [3.05, 3.63) is 29.6 Å². The molecule has 72 valence electrons. The summed E-state index contributed by atoms with van der Waals surface area (Å²) in [6.07, 6.45) is 1.81. The number of nitrogens with zero attached hydrogens (tertiary/aromatic N) is 1. The zero-order valence-electron chi connectivity index (χ0n) is 8.28. The smallest absolute Gasteiger partial charge is 0.293 e. The minimum atomic E-state index is 0.431. The number of carbonyl (C=O) groups is 1. The maximum absolute atomic E-state index is 9.18. The molecule has 13 heavy (non-hydrogen) atoms. The maximum Gasteiger partial charge on any atom is 0.293 e. The number of aryl methyl sites for hydroxylation is 2. The molecule has 0 amide bonds. The van der Waals surface area contributed by atoms with Gasteiger partial charge in [-0.3, -0.25) is 9.78 Å². The van der Waals surface area contributed by atoms with E-state index >= 15 is 0 Å². The molecule has 1 rings (SSSR count). The van der Waals surface area contributed by atoms with Crippen molar-refractivity contribution < 1.29 is 9.53 Å². The number of rotatable bonds is 2. The maximum atomic E-state index is 9.18. The Morgan fingerprint density at radius 3 is 2.46 bits per heavy atom. The van der Waals surface area contributed by atoms with Gasteiger partial charge in [0.1, 0.15) is 0 Å². The molecule has 0 saturated heterocycles. The van der Waals surface area contributed by atoms with E-state index < -0.39 is 0 Å². The van der Waals surface area contributed by atoms with Crippen molar-refractivity contribution in [3.8, 4) is 0 Å². The zero-order chi connectivity index (χ0) is 10.1. The van der Waals surface area contributed by atoms with Crippen LogP contribution in [-0.2, 0) is 9.53 Å². The molecule has 0 aromatic carbocycles. The van der Waals surface area contributed by atoms with Crippen molar-refractivity contribution >= 4 is 6.47 Å². The van der Waals surface area contributed by atoms with Crippen LogP contribution in [0.15, 0.2) is 18.3 Å². The molecule has 1 aromatic rings. The van der Waals surface area contributed by atoms with Gasteiger partial charge in [-0.15, -0.1) is 0 Å².